The number of fused-ring (bicyclic) bond motifs is 1. The van der Waals surface area contributed by atoms with Crippen molar-refractivity contribution in [3.05, 3.63) is 35.5 Å². The Labute approximate surface area is 211 Å². The molecular weight excluding hydrogens is 452 g/mol. The number of anilines is 2. The number of nitrogens with two attached hydrogens (primary N) is 1. The Hall–Kier alpha value is -2.91. The average Bonchev–Trinajstić information content (AvgIpc) is 3.15. The molecule has 2 saturated carbocycles. The fourth-order valence-corrected chi connectivity index (χ4v) is 7.05. The average molecular weight is 489 g/mol. The van der Waals surface area contributed by atoms with Gasteiger partial charge in [0.1, 0.15) is 16.8 Å². The summed E-state index contributed by atoms with van der Waals surface area (Å²) >= 11 is 0. The molecule has 1 aromatic carbocycles. The Morgan fingerprint density at radius 3 is 2.67 bits per heavy atom. The summed E-state index contributed by atoms with van der Waals surface area (Å²) in [5.41, 5.74) is 11.3. The van der Waals surface area contributed by atoms with Gasteiger partial charge in [-0.3, -0.25) is 9.58 Å². The zero-order chi connectivity index (χ0) is 24.3. The first-order valence-electron chi connectivity index (χ1n) is 13.3. The molecule has 9 heteroatoms. The lowest BCUT2D eigenvalue weighted by atomic mass is 9.52. The van der Waals surface area contributed by atoms with E-state index < -0.39 is 0 Å². The summed E-state index contributed by atoms with van der Waals surface area (Å²) in [5.74, 6) is 2.66. The number of methoxy groups -OCH3 is 1. The molecule has 0 bridgehead atoms. The van der Waals surface area contributed by atoms with E-state index in [0.717, 1.165) is 54.3 Å². The van der Waals surface area contributed by atoms with Crippen molar-refractivity contribution >= 4 is 22.8 Å². The van der Waals surface area contributed by atoms with Crippen LogP contribution in [0.15, 0.2) is 24.4 Å². The second-order valence-electron chi connectivity index (χ2n) is 11.9. The monoisotopic (exact) mass is 488 g/mol. The standard InChI is InChI=1S/C27H36N8O/c1-36-22-7-18(12-34-16-27(17-34)14-29-15-27)3-4-20(22)13-35-23-21(11-31-35)32-25(28)33-24(23)30-10-19-8-26(9-19)5-2-6-26/h3-4,7,11,19,29H,2,5-6,8-10,12-17H2,1H3,(H3,28,30,32,33). The zero-order valence-electron chi connectivity index (χ0n) is 21.1. The Morgan fingerprint density at radius 2 is 1.97 bits per heavy atom. The number of aromatic nitrogens is 4. The molecule has 2 spiro atoms. The first-order valence-corrected chi connectivity index (χ1v) is 13.3. The Morgan fingerprint density at radius 1 is 1.14 bits per heavy atom. The minimum absolute atomic E-state index is 0.279. The van der Waals surface area contributed by atoms with Crippen LogP contribution in [0.5, 0.6) is 5.75 Å². The van der Waals surface area contributed by atoms with Gasteiger partial charge in [0.25, 0.3) is 0 Å². The van der Waals surface area contributed by atoms with E-state index in [1.165, 1.54) is 50.8 Å². The topological polar surface area (TPSA) is 106 Å². The molecule has 190 valence electrons. The third-order valence-corrected chi connectivity index (χ3v) is 9.12. The van der Waals surface area contributed by atoms with Crippen LogP contribution in [0.2, 0.25) is 0 Å². The van der Waals surface area contributed by atoms with Crippen LogP contribution < -0.4 is 21.1 Å². The maximum atomic E-state index is 6.03. The number of hydrogen-bond acceptors (Lipinski definition) is 8. The Kier molecular flexibility index (Phi) is 5.15. The SMILES string of the molecule is COc1cc(CN2CC3(CNC3)C2)ccc1Cn1ncc2nc(N)nc(NCC3CC4(CCC4)C3)c21. The number of benzene rings is 1. The van der Waals surface area contributed by atoms with Gasteiger partial charge in [-0.25, -0.2) is 4.98 Å². The number of rotatable bonds is 8. The summed E-state index contributed by atoms with van der Waals surface area (Å²) in [6.07, 6.45) is 8.68. The molecule has 2 aromatic heterocycles. The van der Waals surface area contributed by atoms with Gasteiger partial charge in [-0.15, -0.1) is 0 Å². The highest BCUT2D eigenvalue weighted by Crippen LogP contribution is 2.58. The molecule has 0 atom stereocenters. The lowest BCUT2D eigenvalue weighted by Gasteiger charge is -2.56. The van der Waals surface area contributed by atoms with Gasteiger partial charge in [0.2, 0.25) is 5.95 Å². The van der Waals surface area contributed by atoms with Crippen molar-refractivity contribution in [2.24, 2.45) is 16.7 Å². The first kappa shape index (κ1) is 22.3. The number of likely N-dealkylation sites (tertiary alicyclic amines) is 1. The highest BCUT2D eigenvalue weighted by molar-refractivity contribution is 5.86. The molecule has 0 unspecified atom stereocenters. The van der Waals surface area contributed by atoms with E-state index in [2.05, 4.69) is 48.8 Å². The van der Waals surface area contributed by atoms with Gasteiger partial charge >= 0.3 is 0 Å². The van der Waals surface area contributed by atoms with Crippen molar-refractivity contribution in [2.45, 2.75) is 45.2 Å². The summed E-state index contributed by atoms with van der Waals surface area (Å²) in [6.45, 7) is 7.17. The predicted molar refractivity (Wildman–Crippen MR) is 140 cm³/mol. The van der Waals surface area contributed by atoms with Crippen molar-refractivity contribution in [3.8, 4) is 5.75 Å². The molecular formula is C27H36N8O. The number of hydrogen-bond donors (Lipinski definition) is 3. The highest BCUT2D eigenvalue weighted by Gasteiger charge is 2.48. The third-order valence-electron chi connectivity index (χ3n) is 9.12. The van der Waals surface area contributed by atoms with E-state index in [1.807, 2.05) is 4.68 Å². The van der Waals surface area contributed by atoms with Gasteiger partial charge in [0.05, 0.1) is 19.9 Å². The highest BCUT2D eigenvalue weighted by atomic mass is 16.5. The van der Waals surface area contributed by atoms with Crippen molar-refractivity contribution in [3.63, 3.8) is 0 Å². The lowest BCUT2D eigenvalue weighted by Crippen LogP contribution is -2.70. The molecule has 4 fully saturated rings. The Bertz CT molecular complexity index is 1280. The molecule has 36 heavy (non-hydrogen) atoms. The number of nitrogens with one attached hydrogen (secondary N) is 2. The molecule has 2 aliphatic heterocycles. The smallest absolute Gasteiger partial charge is 0.222 e. The number of nitrogen functional groups attached to an aromatic ring is 1. The first-order chi connectivity index (χ1) is 17.5. The van der Waals surface area contributed by atoms with Crippen molar-refractivity contribution in [2.75, 3.05) is 50.9 Å². The molecule has 4 aliphatic rings. The second kappa shape index (κ2) is 8.31. The quantitative estimate of drug-likeness (QED) is 0.445. The summed E-state index contributed by atoms with van der Waals surface area (Å²) in [7, 11) is 1.74. The van der Waals surface area contributed by atoms with E-state index in [1.54, 1.807) is 13.3 Å². The van der Waals surface area contributed by atoms with E-state index >= 15 is 0 Å². The van der Waals surface area contributed by atoms with Crippen LogP contribution in [0, 0.1) is 16.7 Å². The van der Waals surface area contributed by atoms with E-state index in [0.29, 0.717) is 23.3 Å². The van der Waals surface area contributed by atoms with Gasteiger partial charge < -0.3 is 21.1 Å². The van der Waals surface area contributed by atoms with E-state index in [-0.39, 0.29) is 5.95 Å². The van der Waals surface area contributed by atoms with Crippen LogP contribution in [0.3, 0.4) is 0 Å². The third kappa shape index (κ3) is 3.80. The summed E-state index contributed by atoms with van der Waals surface area (Å²) < 4.78 is 7.77. The predicted octanol–water partition coefficient (Wildman–Crippen LogP) is 2.86. The normalized spacial score (nSPS) is 22.1. The minimum atomic E-state index is 0.279. The zero-order valence-corrected chi connectivity index (χ0v) is 21.1. The molecule has 9 nitrogen and oxygen atoms in total. The molecule has 2 saturated heterocycles. The fourth-order valence-electron chi connectivity index (χ4n) is 7.05. The molecule has 3 aromatic rings. The van der Waals surface area contributed by atoms with Crippen molar-refractivity contribution in [1.29, 1.82) is 0 Å². The number of ether oxygens (including phenoxy) is 1. The van der Waals surface area contributed by atoms with Gasteiger partial charge in [-0.2, -0.15) is 10.1 Å². The largest absolute Gasteiger partial charge is 0.496 e. The molecule has 4 N–H and O–H groups in total. The van der Waals surface area contributed by atoms with Crippen LogP contribution >= 0.6 is 0 Å². The molecule has 0 amide bonds. The van der Waals surface area contributed by atoms with Crippen LogP contribution in [0.25, 0.3) is 11.0 Å². The van der Waals surface area contributed by atoms with Gasteiger partial charge in [-0.05, 0) is 48.6 Å². The fraction of sp³-hybridized carbons (Fsp3) is 0.593. The lowest BCUT2D eigenvalue weighted by molar-refractivity contribution is -0.0444. The van der Waals surface area contributed by atoms with Crippen LogP contribution in [-0.4, -0.2) is 64.5 Å². The number of nitrogens with zero attached hydrogens (tertiary/aromatic N) is 5. The van der Waals surface area contributed by atoms with Gasteiger partial charge in [0.15, 0.2) is 5.82 Å². The van der Waals surface area contributed by atoms with Crippen molar-refractivity contribution in [1.82, 2.24) is 30.0 Å². The van der Waals surface area contributed by atoms with Crippen LogP contribution in [0.1, 0.15) is 43.2 Å². The van der Waals surface area contributed by atoms with Crippen molar-refractivity contribution < 1.29 is 4.74 Å². The maximum Gasteiger partial charge on any atom is 0.222 e. The van der Waals surface area contributed by atoms with E-state index in [9.17, 15) is 0 Å². The molecule has 7 rings (SSSR count). The van der Waals surface area contributed by atoms with Crippen LogP contribution in [-0.2, 0) is 13.1 Å². The molecule has 2 aliphatic carbocycles. The molecule has 4 heterocycles. The molecule has 0 radical (unpaired) electrons. The second-order valence-corrected chi connectivity index (χ2v) is 11.9. The van der Waals surface area contributed by atoms with E-state index in [4.69, 9.17) is 10.5 Å². The Balaban J connectivity index is 1.07. The minimum Gasteiger partial charge on any atom is -0.496 e. The van der Waals surface area contributed by atoms with Gasteiger partial charge in [-0.1, -0.05) is 18.6 Å². The summed E-state index contributed by atoms with van der Waals surface area (Å²) in [5, 5.41) is 11.6. The maximum absolute atomic E-state index is 6.03. The summed E-state index contributed by atoms with van der Waals surface area (Å²) in [6, 6.07) is 6.56. The van der Waals surface area contributed by atoms with Gasteiger partial charge in [0, 0.05) is 50.2 Å². The van der Waals surface area contributed by atoms with Crippen LogP contribution in [0.4, 0.5) is 11.8 Å². The summed E-state index contributed by atoms with van der Waals surface area (Å²) in [4.78, 5) is 11.5.